The molecule has 0 rings (SSSR count). The molecule has 0 aromatic heterocycles. The van der Waals surface area contributed by atoms with Crippen molar-refractivity contribution >= 4 is 14.1 Å². The highest BCUT2D eigenvalue weighted by Gasteiger charge is 2.12. The summed E-state index contributed by atoms with van der Waals surface area (Å²) in [7, 11) is 0.493. The summed E-state index contributed by atoms with van der Waals surface area (Å²) < 4.78 is 5.61. The Hall–Kier alpha value is -4.51. The molecule has 0 aliphatic heterocycles. The highest BCUT2D eigenvalue weighted by atomic mass is 28.3. The van der Waals surface area contributed by atoms with Crippen LogP contribution in [0.25, 0.3) is 0 Å². The molecule has 1 N–H and O–H groups in total. The minimum Gasteiger partial charge on any atom is -0.380 e. The Balaban J connectivity index is 4.57. The second kappa shape index (κ2) is 19.5. The highest BCUT2D eigenvalue weighted by Crippen LogP contribution is 2.10. The molecule has 0 aliphatic rings. The summed E-state index contributed by atoms with van der Waals surface area (Å²) in [6.07, 6.45) is 5.97. The number of hydrogen-bond donors (Lipinski definition) is 1. The zero-order valence-corrected chi connectivity index (χ0v) is 20.4. The molecule has 0 bridgehead atoms. The number of ether oxygens (including phenoxy) is 1. The van der Waals surface area contributed by atoms with Crippen molar-refractivity contribution in [2.75, 3.05) is 26.8 Å². The fourth-order valence-corrected chi connectivity index (χ4v) is 3.05. The molecule has 0 aromatic rings. The molecule has 0 spiro atoms. The quantitative estimate of drug-likeness (QED) is 0.280. The molecular formula is C28H24N2O2Si. The Labute approximate surface area is 200 Å². The summed E-state index contributed by atoms with van der Waals surface area (Å²) in [5.74, 6) is 39.5. The van der Waals surface area contributed by atoms with Gasteiger partial charge in [-0.2, -0.15) is 0 Å². The molecule has 0 saturated heterocycles. The van der Waals surface area contributed by atoms with Crippen LogP contribution in [0.15, 0.2) is 0 Å². The summed E-state index contributed by atoms with van der Waals surface area (Å²) in [5.41, 5.74) is 0. The van der Waals surface area contributed by atoms with E-state index in [0.29, 0.717) is 19.8 Å². The van der Waals surface area contributed by atoms with Gasteiger partial charge in [0.25, 0.3) is 0 Å². The van der Waals surface area contributed by atoms with Crippen LogP contribution in [0, 0.1) is 107 Å². The van der Waals surface area contributed by atoms with Gasteiger partial charge in [0, 0.05) is 75.1 Å². The van der Waals surface area contributed by atoms with Crippen molar-refractivity contribution < 1.29 is 9.53 Å². The molecule has 5 heteroatoms. The molecular weight excluding hydrogens is 424 g/mol. The molecule has 0 saturated carbocycles. The summed E-state index contributed by atoms with van der Waals surface area (Å²) in [4.78, 5) is 13.2. The Bertz CT molecular complexity index is 1220. The summed E-state index contributed by atoms with van der Waals surface area (Å²) in [6, 6.07) is 3.58. The number of rotatable bonds is 7. The fraction of sp³-hybridized carbons (Fsp3) is 0.321. The minimum atomic E-state index is -1.05. The third kappa shape index (κ3) is 20.5. The topological polar surface area (TPSA) is 41.6 Å². The van der Waals surface area contributed by atoms with Crippen LogP contribution in [-0.4, -0.2) is 45.8 Å². The van der Waals surface area contributed by atoms with Crippen molar-refractivity contribution in [3.05, 3.63) is 0 Å². The standard InChI is InChI=1S/C28H24N2O2Si/c1-6-7-8-9-10-11-12-13-14-15-16-17-18-19-20-21-23-30(28(31)29-2)24-26-32-25-22-27-33(3,4)5/h1H,22,24-27H2,2-5H3,(H,29,31). The van der Waals surface area contributed by atoms with E-state index < -0.39 is 8.07 Å². The van der Waals surface area contributed by atoms with E-state index in [9.17, 15) is 4.79 Å². The van der Waals surface area contributed by atoms with Crippen LogP contribution in [-0.2, 0) is 4.74 Å². The number of nitrogens with one attached hydrogen (secondary N) is 1. The van der Waals surface area contributed by atoms with E-state index >= 15 is 0 Å². The lowest BCUT2D eigenvalue weighted by Gasteiger charge is -2.16. The Morgan fingerprint density at radius 3 is 1.67 bits per heavy atom. The molecule has 0 aromatic carbocycles. The fourth-order valence-electron chi connectivity index (χ4n) is 1.84. The van der Waals surface area contributed by atoms with Gasteiger partial charge >= 0.3 is 6.03 Å². The SMILES string of the molecule is C#CC#CC#CC#CC#CC#CC#CC#CC#CN(CCOCCC[Si](C)(C)C)C(=O)NC. The maximum Gasteiger partial charge on any atom is 0.328 e. The number of nitrogens with zero attached hydrogens (tertiary/aromatic N) is 1. The number of carbonyl (C=O) groups is 1. The number of urea groups is 1. The van der Waals surface area contributed by atoms with Gasteiger partial charge in [-0.25, -0.2) is 4.79 Å². The third-order valence-corrected chi connectivity index (χ3v) is 5.13. The normalized spacial score (nSPS) is 7.48. The highest BCUT2D eigenvalue weighted by molar-refractivity contribution is 6.76. The van der Waals surface area contributed by atoms with Crippen molar-refractivity contribution in [3.8, 4) is 107 Å². The first kappa shape index (κ1) is 28.5. The van der Waals surface area contributed by atoms with Crippen LogP contribution in [0.1, 0.15) is 6.42 Å². The average Bonchev–Trinajstić information content (AvgIpc) is 2.78. The van der Waals surface area contributed by atoms with Gasteiger partial charge in [0.1, 0.15) is 0 Å². The lowest BCUT2D eigenvalue weighted by Crippen LogP contribution is -2.36. The first-order valence-corrected chi connectivity index (χ1v) is 13.6. The van der Waals surface area contributed by atoms with E-state index in [1.165, 1.54) is 10.9 Å². The molecule has 0 unspecified atom stereocenters. The van der Waals surface area contributed by atoms with Gasteiger partial charge in [0.05, 0.1) is 13.2 Å². The van der Waals surface area contributed by atoms with Crippen LogP contribution in [0.2, 0.25) is 25.7 Å². The van der Waals surface area contributed by atoms with Gasteiger partial charge in [-0.3, -0.25) is 4.90 Å². The molecule has 0 heterocycles. The average molecular weight is 449 g/mol. The predicted octanol–water partition coefficient (Wildman–Crippen LogP) is 1.99. The van der Waals surface area contributed by atoms with Gasteiger partial charge in [0.2, 0.25) is 0 Å². The molecule has 33 heavy (non-hydrogen) atoms. The summed E-state index contributed by atoms with van der Waals surface area (Å²) in [5, 5.41) is 2.54. The molecule has 0 fully saturated rings. The van der Waals surface area contributed by atoms with Gasteiger partial charge in [-0.05, 0) is 53.8 Å². The summed E-state index contributed by atoms with van der Waals surface area (Å²) >= 11 is 0. The third-order valence-electron chi connectivity index (χ3n) is 3.27. The molecule has 0 atom stereocenters. The Morgan fingerprint density at radius 1 is 0.788 bits per heavy atom. The van der Waals surface area contributed by atoms with E-state index in [2.05, 4.69) is 126 Å². The molecule has 162 valence electrons. The Kier molecular flexibility index (Phi) is 16.8. The second-order valence-corrected chi connectivity index (χ2v) is 12.7. The van der Waals surface area contributed by atoms with E-state index in [-0.39, 0.29) is 6.03 Å². The zero-order chi connectivity index (χ0) is 24.6. The van der Waals surface area contributed by atoms with E-state index in [1.54, 1.807) is 7.05 Å². The lowest BCUT2D eigenvalue weighted by molar-refractivity contribution is 0.122. The van der Waals surface area contributed by atoms with Crippen molar-refractivity contribution in [3.63, 3.8) is 0 Å². The Morgan fingerprint density at radius 2 is 1.24 bits per heavy atom. The second-order valence-electron chi connectivity index (χ2n) is 7.11. The molecule has 0 radical (unpaired) electrons. The van der Waals surface area contributed by atoms with Crippen molar-refractivity contribution in [2.45, 2.75) is 32.1 Å². The van der Waals surface area contributed by atoms with Crippen LogP contribution >= 0.6 is 0 Å². The minimum absolute atomic E-state index is 0.319. The van der Waals surface area contributed by atoms with Crippen LogP contribution in [0.3, 0.4) is 0 Å². The number of amides is 2. The van der Waals surface area contributed by atoms with E-state index in [0.717, 1.165) is 6.42 Å². The monoisotopic (exact) mass is 448 g/mol. The van der Waals surface area contributed by atoms with Gasteiger partial charge in [-0.15, -0.1) is 6.42 Å². The zero-order valence-electron chi connectivity index (χ0n) is 19.4. The van der Waals surface area contributed by atoms with Crippen LogP contribution < -0.4 is 5.32 Å². The molecule has 0 aliphatic carbocycles. The number of terminal acetylenes is 1. The first-order chi connectivity index (χ1) is 15.9. The van der Waals surface area contributed by atoms with Crippen molar-refractivity contribution in [1.29, 1.82) is 0 Å². The first-order valence-electron chi connectivity index (χ1n) is 9.94. The number of carbonyl (C=O) groups excluding carboxylic acids is 1. The van der Waals surface area contributed by atoms with Crippen molar-refractivity contribution in [2.24, 2.45) is 0 Å². The summed E-state index contributed by atoms with van der Waals surface area (Å²) in [6.45, 7) is 8.44. The number of hydrogen-bond acceptors (Lipinski definition) is 2. The van der Waals surface area contributed by atoms with Crippen LogP contribution in [0.4, 0.5) is 4.79 Å². The van der Waals surface area contributed by atoms with Crippen LogP contribution in [0.5, 0.6) is 0 Å². The lowest BCUT2D eigenvalue weighted by atomic mass is 10.5. The molecule has 4 nitrogen and oxygen atoms in total. The largest absolute Gasteiger partial charge is 0.380 e. The van der Waals surface area contributed by atoms with E-state index in [4.69, 9.17) is 11.2 Å². The van der Waals surface area contributed by atoms with Gasteiger partial charge in [-0.1, -0.05) is 25.7 Å². The molecule has 2 amide bonds. The maximum absolute atomic E-state index is 11.9. The van der Waals surface area contributed by atoms with Gasteiger partial charge < -0.3 is 10.1 Å². The smallest absolute Gasteiger partial charge is 0.328 e. The van der Waals surface area contributed by atoms with Gasteiger partial charge in [0.15, 0.2) is 0 Å². The van der Waals surface area contributed by atoms with E-state index in [1.807, 2.05) is 0 Å². The maximum atomic E-state index is 11.9. The predicted molar refractivity (Wildman–Crippen MR) is 136 cm³/mol. The van der Waals surface area contributed by atoms with Crippen molar-refractivity contribution in [1.82, 2.24) is 10.2 Å².